The summed E-state index contributed by atoms with van der Waals surface area (Å²) < 4.78 is 5.53. The quantitative estimate of drug-likeness (QED) is 0.339. The van der Waals surface area contributed by atoms with Gasteiger partial charge in [-0.05, 0) is 31.9 Å². The number of aliphatic hydroxyl groups is 1. The highest BCUT2D eigenvalue weighted by atomic mass is 127. The average molecular weight is 456 g/mol. The molecule has 1 saturated carbocycles. The molecular formula is C18H25IN4O2. The second-order valence-corrected chi connectivity index (χ2v) is 6.22. The number of halogens is 1. The Balaban J connectivity index is 0.00000225. The number of aromatic nitrogens is 1. The molecule has 1 aromatic carbocycles. The third-order valence-corrected chi connectivity index (χ3v) is 4.24. The minimum absolute atomic E-state index is 0. The summed E-state index contributed by atoms with van der Waals surface area (Å²) in [5.41, 5.74) is 1.79. The predicted molar refractivity (Wildman–Crippen MR) is 109 cm³/mol. The zero-order chi connectivity index (χ0) is 16.8. The molecule has 3 N–H and O–H groups in total. The minimum Gasteiger partial charge on any atom is -0.444 e. The van der Waals surface area contributed by atoms with E-state index in [1.165, 1.54) is 0 Å². The first-order valence-electron chi connectivity index (χ1n) is 8.37. The maximum Gasteiger partial charge on any atom is 0.226 e. The van der Waals surface area contributed by atoms with Crippen LogP contribution in [-0.2, 0) is 6.54 Å². The van der Waals surface area contributed by atoms with Crippen LogP contribution in [0, 0.1) is 5.41 Å². The van der Waals surface area contributed by atoms with E-state index >= 15 is 0 Å². The van der Waals surface area contributed by atoms with Crippen LogP contribution < -0.4 is 10.6 Å². The summed E-state index contributed by atoms with van der Waals surface area (Å²) in [6.07, 6.45) is 3.78. The molecular weight excluding hydrogens is 431 g/mol. The number of hydrogen-bond acceptors (Lipinski definition) is 4. The van der Waals surface area contributed by atoms with E-state index in [-0.39, 0.29) is 36.0 Å². The van der Waals surface area contributed by atoms with Crippen molar-refractivity contribution in [3.8, 4) is 11.5 Å². The number of nitrogens with zero attached hydrogens (tertiary/aromatic N) is 2. The molecule has 1 aliphatic rings. The first-order valence-corrected chi connectivity index (χ1v) is 8.37. The van der Waals surface area contributed by atoms with Gasteiger partial charge >= 0.3 is 0 Å². The van der Waals surface area contributed by atoms with Gasteiger partial charge in [0.05, 0.1) is 13.2 Å². The second-order valence-electron chi connectivity index (χ2n) is 6.22. The van der Waals surface area contributed by atoms with Crippen molar-refractivity contribution in [3.05, 3.63) is 42.3 Å². The Kier molecular flexibility index (Phi) is 7.24. The molecule has 0 atom stereocenters. The molecule has 1 aromatic heterocycles. The highest BCUT2D eigenvalue weighted by Crippen LogP contribution is 2.44. The van der Waals surface area contributed by atoms with E-state index in [9.17, 15) is 5.11 Å². The van der Waals surface area contributed by atoms with Crippen molar-refractivity contribution in [2.75, 3.05) is 19.7 Å². The van der Waals surface area contributed by atoms with E-state index in [0.717, 1.165) is 43.1 Å². The Labute approximate surface area is 165 Å². The van der Waals surface area contributed by atoms with Gasteiger partial charge < -0.3 is 20.2 Å². The second kappa shape index (κ2) is 9.19. The van der Waals surface area contributed by atoms with Crippen LogP contribution >= 0.6 is 24.0 Å². The van der Waals surface area contributed by atoms with Crippen LogP contribution in [0.4, 0.5) is 0 Å². The van der Waals surface area contributed by atoms with Crippen LogP contribution in [0.1, 0.15) is 25.5 Å². The maximum atomic E-state index is 9.40. The van der Waals surface area contributed by atoms with Crippen molar-refractivity contribution in [2.24, 2.45) is 10.4 Å². The van der Waals surface area contributed by atoms with Gasteiger partial charge in [0.15, 0.2) is 5.96 Å². The van der Waals surface area contributed by atoms with Crippen molar-refractivity contribution in [1.82, 2.24) is 15.6 Å². The fourth-order valence-electron chi connectivity index (χ4n) is 2.43. The molecule has 3 rings (SSSR count). The Bertz CT molecular complexity index is 683. The van der Waals surface area contributed by atoms with Crippen molar-refractivity contribution in [1.29, 1.82) is 0 Å². The average Bonchev–Trinajstić information content (AvgIpc) is 3.26. The molecule has 1 aliphatic carbocycles. The van der Waals surface area contributed by atoms with Crippen molar-refractivity contribution in [2.45, 2.75) is 26.3 Å². The van der Waals surface area contributed by atoms with Crippen LogP contribution in [0.3, 0.4) is 0 Å². The van der Waals surface area contributed by atoms with E-state index in [2.05, 4.69) is 20.6 Å². The van der Waals surface area contributed by atoms with Gasteiger partial charge in [0, 0.05) is 24.1 Å². The van der Waals surface area contributed by atoms with Gasteiger partial charge in [0.2, 0.25) is 5.89 Å². The summed E-state index contributed by atoms with van der Waals surface area (Å²) >= 11 is 0. The number of aliphatic hydroxyl groups excluding tert-OH is 1. The first-order chi connectivity index (χ1) is 11.7. The smallest absolute Gasteiger partial charge is 0.226 e. The molecule has 1 fully saturated rings. The molecule has 2 aromatic rings. The van der Waals surface area contributed by atoms with Gasteiger partial charge in [-0.2, -0.15) is 0 Å². The number of oxazole rings is 1. The number of hydrogen-bond donors (Lipinski definition) is 3. The summed E-state index contributed by atoms with van der Waals surface area (Å²) in [6.45, 7) is 4.22. The van der Waals surface area contributed by atoms with Gasteiger partial charge in [-0.3, -0.25) is 0 Å². The summed E-state index contributed by atoms with van der Waals surface area (Å²) in [5.74, 6) is 1.34. The molecule has 0 saturated heterocycles. The third kappa shape index (κ3) is 5.43. The summed E-state index contributed by atoms with van der Waals surface area (Å²) in [4.78, 5) is 9.03. The highest BCUT2D eigenvalue weighted by molar-refractivity contribution is 14.0. The van der Waals surface area contributed by atoms with Gasteiger partial charge in [-0.15, -0.1) is 24.0 Å². The predicted octanol–water partition coefficient (Wildman–Crippen LogP) is 2.79. The van der Waals surface area contributed by atoms with E-state index in [0.29, 0.717) is 12.4 Å². The highest BCUT2D eigenvalue weighted by Gasteiger charge is 2.41. The number of benzene rings is 1. The van der Waals surface area contributed by atoms with Crippen molar-refractivity contribution >= 4 is 29.9 Å². The Morgan fingerprint density at radius 3 is 2.68 bits per heavy atom. The third-order valence-electron chi connectivity index (χ3n) is 4.24. The maximum absolute atomic E-state index is 9.40. The lowest BCUT2D eigenvalue weighted by molar-refractivity contribution is 0.212. The summed E-state index contributed by atoms with van der Waals surface area (Å²) in [5, 5.41) is 15.9. The van der Waals surface area contributed by atoms with E-state index in [1.54, 1.807) is 6.26 Å². The molecule has 0 radical (unpaired) electrons. The van der Waals surface area contributed by atoms with Crippen molar-refractivity contribution < 1.29 is 9.52 Å². The summed E-state index contributed by atoms with van der Waals surface area (Å²) in [6, 6.07) is 9.81. The molecule has 0 spiro atoms. The van der Waals surface area contributed by atoms with E-state index in [4.69, 9.17) is 4.42 Å². The monoisotopic (exact) mass is 456 g/mol. The molecule has 1 heterocycles. The van der Waals surface area contributed by atoms with Gasteiger partial charge in [0.1, 0.15) is 12.0 Å². The number of guanidine groups is 1. The molecule has 0 unspecified atom stereocenters. The first kappa shape index (κ1) is 19.7. The fourth-order valence-corrected chi connectivity index (χ4v) is 2.43. The van der Waals surface area contributed by atoms with E-state index in [1.807, 2.05) is 37.3 Å². The minimum atomic E-state index is 0. The molecule has 0 amide bonds. The van der Waals surface area contributed by atoms with Gasteiger partial charge in [-0.25, -0.2) is 9.98 Å². The van der Waals surface area contributed by atoms with Crippen LogP contribution in [0.25, 0.3) is 11.5 Å². The number of nitrogens with one attached hydrogen (secondary N) is 2. The molecule has 7 heteroatoms. The fraction of sp³-hybridized carbons (Fsp3) is 0.444. The van der Waals surface area contributed by atoms with Gasteiger partial charge in [-0.1, -0.05) is 18.2 Å². The lowest BCUT2D eigenvalue weighted by Gasteiger charge is -2.16. The van der Waals surface area contributed by atoms with Crippen molar-refractivity contribution in [3.63, 3.8) is 0 Å². The SMILES string of the molecule is CCNC(=NCc1coc(-c2ccccc2)n1)NCC1(CO)CC1.I. The van der Waals surface area contributed by atoms with Crippen LogP contribution in [0.2, 0.25) is 0 Å². The Morgan fingerprint density at radius 1 is 1.28 bits per heavy atom. The largest absolute Gasteiger partial charge is 0.444 e. The van der Waals surface area contributed by atoms with Crippen LogP contribution in [0.5, 0.6) is 0 Å². The topological polar surface area (TPSA) is 82.7 Å². The molecule has 6 nitrogen and oxygen atoms in total. The van der Waals surface area contributed by atoms with Crippen LogP contribution in [-0.4, -0.2) is 35.7 Å². The molecule has 136 valence electrons. The normalized spacial score (nSPS) is 15.4. The van der Waals surface area contributed by atoms with Gasteiger partial charge in [0.25, 0.3) is 0 Å². The Hall–Kier alpha value is -1.61. The standard InChI is InChI=1S/C18H24N4O2.HI/c1-2-19-17(21-12-18(13-23)8-9-18)20-10-15-11-24-16(22-15)14-6-4-3-5-7-14;/h3-7,11,23H,2,8-10,12-13H2,1H3,(H2,19,20,21);1H. The molecule has 0 aliphatic heterocycles. The summed E-state index contributed by atoms with van der Waals surface area (Å²) in [7, 11) is 0. The molecule has 25 heavy (non-hydrogen) atoms. The van der Waals surface area contributed by atoms with E-state index < -0.39 is 0 Å². The Morgan fingerprint density at radius 2 is 2.04 bits per heavy atom. The zero-order valence-electron chi connectivity index (χ0n) is 14.4. The molecule has 0 bridgehead atoms. The number of aliphatic imine (C=N–C) groups is 1. The lowest BCUT2D eigenvalue weighted by Crippen LogP contribution is -2.41. The number of rotatable bonds is 7. The van der Waals surface area contributed by atoms with Crippen LogP contribution in [0.15, 0.2) is 46.0 Å². The lowest BCUT2D eigenvalue weighted by atomic mass is 10.1. The zero-order valence-corrected chi connectivity index (χ0v) is 16.7.